The standard InChI is InChI=1S/C15H18FN8O.W/c1-22-8-17-11-12(18-10-7-23(2)21-14(10)25-3)19-15(20-13(11)22)24-5-4-9(16)6-24;/h4,7-9H,5-6H2,1-3H3,(H,18,19,20);/q-1;/t9-;/m0./s1. The fourth-order valence-corrected chi connectivity index (χ4v) is 2.82. The molecule has 0 aromatic carbocycles. The summed E-state index contributed by atoms with van der Waals surface area (Å²) in [6.45, 7) is 0.721. The summed E-state index contributed by atoms with van der Waals surface area (Å²) in [6.07, 6.45) is 4.09. The predicted octanol–water partition coefficient (Wildman–Crippen LogP) is 1.21. The van der Waals surface area contributed by atoms with E-state index in [4.69, 9.17) is 4.74 Å². The molecule has 0 bridgehead atoms. The number of methoxy groups -OCH3 is 1. The van der Waals surface area contributed by atoms with Crippen LogP contribution in [0.25, 0.3) is 11.2 Å². The van der Waals surface area contributed by atoms with Gasteiger partial charge in [0.25, 0.3) is 5.88 Å². The van der Waals surface area contributed by atoms with E-state index in [0.717, 1.165) is 0 Å². The number of hydrogen-bond donors (Lipinski definition) is 1. The number of hydrogen-bond acceptors (Lipinski definition) is 7. The first-order valence-corrected chi connectivity index (χ1v) is 7.81. The van der Waals surface area contributed by atoms with Gasteiger partial charge in [0, 0.05) is 41.7 Å². The number of anilines is 3. The van der Waals surface area contributed by atoms with Crippen molar-refractivity contribution in [2.24, 2.45) is 14.1 Å². The molecule has 0 unspecified atom stereocenters. The van der Waals surface area contributed by atoms with Crippen molar-refractivity contribution < 1.29 is 30.2 Å². The molecule has 9 nitrogen and oxygen atoms in total. The van der Waals surface area contributed by atoms with E-state index >= 15 is 0 Å². The Bertz CT molecular complexity index is 926. The molecule has 0 spiro atoms. The molecule has 1 atom stereocenters. The van der Waals surface area contributed by atoms with Gasteiger partial charge in [-0.15, -0.1) is 11.6 Å². The summed E-state index contributed by atoms with van der Waals surface area (Å²) in [5, 5.41) is 7.43. The molecule has 0 amide bonds. The van der Waals surface area contributed by atoms with E-state index in [2.05, 4.69) is 25.4 Å². The molecule has 0 aliphatic carbocycles. The van der Waals surface area contributed by atoms with E-state index < -0.39 is 6.17 Å². The quantitative estimate of drug-likeness (QED) is 0.509. The van der Waals surface area contributed by atoms with Gasteiger partial charge in [0.1, 0.15) is 5.69 Å². The summed E-state index contributed by atoms with van der Waals surface area (Å²) in [5.41, 5.74) is 1.95. The van der Waals surface area contributed by atoms with Crippen molar-refractivity contribution in [3.63, 3.8) is 0 Å². The molecule has 1 aliphatic heterocycles. The van der Waals surface area contributed by atoms with E-state index in [1.807, 2.05) is 7.05 Å². The average molecular weight is 529 g/mol. The van der Waals surface area contributed by atoms with Crippen molar-refractivity contribution >= 4 is 28.6 Å². The predicted molar refractivity (Wildman–Crippen MR) is 90.8 cm³/mol. The van der Waals surface area contributed by atoms with Crippen molar-refractivity contribution in [1.82, 2.24) is 29.3 Å². The Hall–Kier alpha value is -2.22. The number of ether oxygens (including phenoxy) is 1. The van der Waals surface area contributed by atoms with Crippen LogP contribution in [0.15, 0.2) is 12.5 Å². The Morgan fingerprint density at radius 1 is 1.35 bits per heavy atom. The third kappa shape index (κ3) is 3.25. The zero-order valence-corrected chi connectivity index (χ0v) is 17.5. The number of alkyl halides is 1. The van der Waals surface area contributed by atoms with Gasteiger partial charge in [-0.3, -0.25) is 15.5 Å². The zero-order valence-electron chi connectivity index (χ0n) is 14.5. The van der Waals surface area contributed by atoms with Gasteiger partial charge in [0.15, 0.2) is 17.0 Å². The number of aryl methyl sites for hydroxylation is 2. The molecule has 4 heterocycles. The largest absolute Gasteiger partial charge is 0.478 e. The molecule has 3 aromatic rings. The number of nitrogens with zero attached hydrogens (tertiary/aromatic N) is 7. The Labute approximate surface area is 163 Å². The van der Waals surface area contributed by atoms with E-state index in [9.17, 15) is 4.39 Å². The van der Waals surface area contributed by atoms with E-state index in [1.165, 1.54) is 0 Å². The summed E-state index contributed by atoms with van der Waals surface area (Å²) in [7, 11) is 5.21. The van der Waals surface area contributed by atoms with Crippen LogP contribution in [0.2, 0.25) is 0 Å². The molecule has 26 heavy (non-hydrogen) atoms. The fraction of sp³-hybridized carbons (Fsp3) is 0.400. The molecule has 138 valence electrons. The van der Waals surface area contributed by atoms with Gasteiger partial charge in [0.05, 0.1) is 19.6 Å². The van der Waals surface area contributed by atoms with Crippen molar-refractivity contribution in [1.29, 1.82) is 0 Å². The van der Waals surface area contributed by atoms with Gasteiger partial charge in [-0.05, 0) is 6.17 Å². The van der Waals surface area contributed by atoms with Gasteiger partial charge in [-0.1, -0.05) is 0 Å². The maximum absolute atomic E-state index is 13.5. The molecule has 11 heteroatoms. The molecular weight excluding hydrogens is 511 g/mol. The van der Waals surface area contributed by atoms with Crippen molar-refractivity contribution in [2.45, 2.75) is 6.17 Å². The smallest absolute Gasteiger partial charge is 0.256 e. The van der Waals surface area contributed by atoms with Gasteiger partial charge in [-0.2, -0.15) is 9.97 Å². The molecule has 0 radical (unpaired) electrons. The zero-order chi connectivity index (χ0) is 17.6. The van der Waals surface area contributed by atoms with Crippen LogP contribution in [-0.4, -0.2) is 55.7 Å². The number of fused-ring (bicyclic) bond motifs is 1. The Balaban J connectivity index is 0.00000196. The molecule has 1 fully saturated rings. The maximum Gasteiger partial charge on any atom is 0.256 e. The van der Waals surface area contributed by atoms with Crippen LogP contribution in [0.1, 0.15) is 0 Å². The minimum atomic E-state index is -0.972. The first kappa shape index (κ1) is 18.6. The number of imidazole rings is 1. The molecule has 1 aliphatic rings. The third-order valence-corrected chi connectivity index (χ3v) is 4.05. The number of halogens is 1. The second kappa shape index (κ2) is 7.18. The van der Waals surface area contributed by atoms with Crippen molar-refractivity contribution in [2.75, 3.05) is 30.4 Å². The van der Waals surface area contributed by atoms with Crippen molar-refractivity contribution in [3.05, 3.63) is 18.9 Å². The first-order valence-electron chi connectivity index (χ1n) is 7.81. The van der Waals surface area contributed by atoms with E-state index in [0.29, 0.717) is 41.0 Å². The van der Waals surface area contributed by atoms with Crippen LogP contribution in [0.4, 0.5) is 21.8 Å². The minimum absolute atomic E-state index is 0. The normalized spacial score (nSPS) is 16.8. The second-order valence-corrected chi connectivity index (χ2v) is 5.91. The molecule has 0 saturated carbocycles. The van der Waals surface area contributed by atoms with E-state index in [1.54, 1.807) is 47.3 Å². The summed E-state index contributed by atoms with van der Waals surface area (Å²) >= 11 is 0. The monoisotopic (exact) mass is 529 g/mol. The Kier molecular flexibility index (Phi) is 5.13. The first-order chi connectivity index (χ1) is 12.0. The maximum atomic E-state index is 13.5. The van der Waals surface area contributed by atoms with Crippen LogP contribution in [-0.2, 0) is 35.2 Å². The summed E-state index contributed by atoms with van der Waals surface area (Å²) in [6, 6.07) is 0. The Morgan fingerprint density at radius 3 is 2.85 bits per heavy atom. The number of aromatic nitrogens is 6. The number of nitrogens with one attached hydrogen (secondary N) is 1. The van der Waals surface area contributed by atoms with Gasteiger partial charge >= 0.3 is 0 Å². The van der Waals surface area contributed by atoms with E-state index in [-0.39, 0.29) is 27.6 Å². The molecule has 1 N–H and O–H groups in total. The topological polar surface area (TPSA) is 85.9 Å². The molecular formula is C15H18FN8OW-. The van der Waals surface area contributed by atoms with Gasteiger partial charge < -0.3 is 19.5 Å². The fourth-order valence-electron chi connectivity index (χ4n) is 2.82. The molecule has 1 saturated heterocycles. The SMILES string of the molecule is COc1nn(C)cc1Nc1nc(N2C[CH-][C@H](F)C2)nc2c1ncn2C.[W]. The third-order valence-electron chi connectivity index (χ3n) is 4.05. The molecule has 4 rings (SSSR count). The molecule has 3 aromatic heterocycles. The van der Waals surface area contributed by atoms with Crippen molar-refractivity contribution in [3.8, 4) is 5.88 Å². The van der Waals surface area contributed by atoms with Crippen LogP contribution in [0.5, 0.6) is 5.88 Å². The van der Waals surface area contributed by atoms with Crippen LogP contribution in [0, 0.1) is 6.42 Å². The summed E-state index contributed by atoms with van der Waals surface area (Å²) in [5.74, 6) is 1.43. The van der Waals surface area contributed by atoms with Gasteiger partial charge in [-0.25, -0.2) is 4.98 Å². The van der Waals surface area contributed by atoms with Crippen LogP contribution in [0.3, 0.4) is 0 Å². The second-order valence-electron chi connectivity index (χ2n) is 5.91. The average Bonchev–Trinajstić information content (AvgIpc) is 3.27. The van der Waals surface area contributed by atoms with Gasteiger partial charge in [0.2, 0.25) is 5.95 Å². The summed E-state index contributed by atoms with van der Waals surface area (Å²) in [4.78, 5) is 15.3. The minimum Gasteiger partial charge on any atom is -0.478 e. The Morgan fingerprint density at radius 2 is 2.15 bits per heavy atom. The number of rotatable bonds is 4. The van der Waals surface area contributed by atoms with Crippen LogP contribution < -0.4 is 15.0 Å². The summed E-state index contributed by atoms with van der Waals surface area (Å²) < 4.78 is 22.2. The van der Waals surface area contributed by atoms with Crippen LogP contribution >= 0.6 is 0 Å².